The molecule has 0 heterocycles. The van der Waals surface area contributed by atoms with Gasteiger partial charge in [0.15, 0.2) is 5.96 Å². The Morgan fingerprint density at radius 1 is 1.04 bits per heavy atom. The number of aliphatic imine (C=N–C) groups is 1. The summed E-state index contributed by atoms with van der Waals surface area (Å²) in [5.74, 6) is 0.642. The summed E-state index contributed by atoms with van der Waals surface area (Å²) in [5.41, 5.74) is 1.76. The SMILES string of the molecule is CCOC(=O)CCCCCCNC(=NC)NCc1ccc(C(=O)N(C)C)cc1. The van der Waals surface area contributed by atoms with Crippen LogP contribution in [0.3, 0.4) is 0 Å². The highest BCUT2D eigenvalue weighted by Gasteiger charge is 2.07. The lowest BCUT2D eigenvalue weighted by atomic mass is 10.1. The molecule has 0 radical (unpaired) electrons. The highest BCUT2D eigenvalue weighted by Crippen LogP contribution is 2.06. The number of ether oxygens (including phenoxy) is 1. The van der Waals surface area contributed by atoms with Crippen molar-refractivity contribution in [2.75, 3.05) is 34.3 Å². The molecule has 0 aliphatic rings. The third-order valence-corrected chi connectivity index (χ3v) is 4.20. The van der Waals surface area contributed by atoms with Gasteiger partial charge in [0.25, 0.3) is 5.91 Å². The molecule has 2 N–H and O–H groups in total. The van der Waals surface area contributed by atoms with Crippen molar-refractivity contribution in [3.63, 3.8) is 0 Å². The van der Waals surface area contributed by atoms with Crippen molar-refractivity contribution in [3.05, 3.63) is 35.4 Å². The van der Waals surface area contributed by atoms with E-state index in [1.54, 1.807) is 26.0 Å². The Kier molecular flexibility index (Phi) is 11.4. The molecule has 7 nitrogen and oxygen atoms in total. The molecule has 0 unspecified atom stereocenters. The van der Waals surface area contributed by atoms with E-state index in [9.17, 15) is 9.59 Å². The fraction of sp³-hybridized carbons (Fsp3) is 0.571. The van der Waals surface area contributed by atoms with Crippen molar-refractivity contribution in [2.45, 2.75) is 45.6 Å². The van der Waals surface area contributed by atoms with Crippen LogP contribution in [-0.4, -0.2) is 57.0 Å². The number of carbonyl (C=O) groups is 2. The molecule has 0 bridgehead atoms. The fourth-order valence-electron chi connectivity index (χ4n) is 2.62. The topological polar surface area (TPSA) is 83.0 Å². The Balaban J connectivity index is 2.21. The monoisotopic (exact) mass is 390 g/mol. The Hall–Kier alpha value is -2.57. The average molecular weight is 391 g/mol. The van der Waals surface area contributed by atoms with Gasteiger partial charge in [-0.1, -0.05) is 25.0 Å². The van der Waals surface area contributed by atoms with Crippen molar-refractivity contribution in [1.82, 2.24) is 15.5 Å². The molecule has 0 spiro atoms. The molecular formula is C21H34N4O3. The Morgan fingerprint density at radius 2 is 1.71 bits per heavy atom. The Labute approximate surface area is 168 Å². The maximum Gasteiger partial charge on any atom is 0.305 e. The van der Waals surface area contributed by atoms with Gasteiger partial charge in [-0.3, -0.25) is 14.6 Å². The molecule has 0 aliphatic heterocycles. The summed E-state index contributed by atoms with van der Waals surface area (Å²) >= 11 is 0. The predicted molar refractivity (Wildman–Crippen MR) is 112 cm³/mol. The summed E-state index contributed by atoms with van der Waals surface area (Å²) in [6, 6.07) is 7.57. The van der Waals surface area contributed by atoms with Gasteiger partial charge in [0.2, 0.25) is 0 Å². The van der Waals surface area contributed by atoms with Gasteiger partial charge in [0.1, 0.15) is 0 Å². The molecule has 156 valence electrons. The normalized spacial score (nSPS) is 11.1. The number of hydrogen-bond donors (Lipinski definition) is 2. The van der Waals surface area contributed by atoms with Crippen LogP contribution >= 0.6 is 0 Å². The summed E-state index contributed by atoms with van der Waals surface area (Å²) in [5, 5.41) is 6.56. The summed E-state index contributed by atoms with van der Waals surface area (Å²) in [4.78, 5) is 28.9. The minimum atomic E-state index is -0.107. The standard InChI is InChI=1S/C21H34N4O3/c1-5-28-19(26)10-8-6-7-9-15-23-21(22-2)24-16-17-11-13-18(14-12-17)20(27)25(3)4/h11-14H,5-10,15-16H2,1-4H3,(H2,22,23,24). The molecule has 0 aromatic heterocycles. The number of unbranched alkanes of at least 4 members (excludes halogenated alkanes) is 3. The fourth-order valence-corrected chi connectivity index (χ4v) is 2.62. The van der Waals surface area contributed by atoms with E-state index >= 15 is 0 Å². The number of nitrogens with zero attached hydrogens (tertiary/aromatic N) is 2. The van der Waals surface area contributed by atoms with Crippen LogP contribution in [0.2, 0.25) is 0 Å². The highest BCUT2D eigenvalue weighted by molar-refractivity contribution is 5.93. The van der Waals surface area contributed by atoms with E-state index in [0.717, 1.165) is 43.8 Å². The Morgan fingerprint density at radius 3 is 2.32 bits per heavy atom. The van der Waals surface area contributed by atoms with E-state index in [1.807, 2.05) is 31.2 Å². The second-order valence-corrected chi connectivity index (χ2v) is 6.72. The lowest BCUT2D eigenvalue weighted by molar-refractivity contribution is -0.143. The number of carbonyl (C=O) groups excluding carboxylic acids is 2. The van der Waals surface area contributed by atoms with E-state index in [-0.39, 0.29) is 11.9 Å². The first kappa shape index (κ1) is 23.5. The number of guanidine groups is 1. The first-order valence-electron chi connectivity index (χ1n) is 9.88. The van der Waals surface area contributed by atoms with E-state index in [2.05, 4.69) is 15.6 Å². The lowest BCUT2D eigenvalue weighted by Gasteiger charge is -2.13. The molecule has 0 saturated carbocycles. The molecule has 1 rings (SSSR count). The molecule has 1 amide bonds. The van der Waals surface area contributed by atoms with Crippen molar-refractivity contribution in [3.8, 4) is 0 Å². The summed E-state index contributed by atoms with van der Waals surface area (Å²) in [6.07, 6.45) is 4.47. The maximum absolute atomic E-state index is 11.9. The molecule has 28 heavy (non-hydrogen) atoms. The highest BCUT2D eigenvalue weighted by atomic mass is 16.5. The predicted octanol–water partition coefficient (Wildman–Crippen LogP) is 2.57. The van der Waals surface area contributed by atoms with Gasteiger partial charge in [-0.25, -0.2) is 0 Å². The number of nitrogens with one attached hydrogen (secondary N) is 2. The van der Waals surface area contributed by atoms with Gasteiger partial charge < -0.3 is 20.3 Å². The molecule has 0 aliphatic carbocycles. The summed E-state index contributed by atoms with van der Waals surface area (Å²) in [6.45, 7) is 3.74. The maximum atomic E-state index is 11.9. The number of hydrogen-bond acceptors (Lipinski definition) is 4. The third-order valence-electron chi connectivity index (χ3n) is 4.20. The smallest absolute Gasteiger partial charge is 0.305 e. The molecule has 7 heteroatoms. The van der Waals surface area contributed by atoms with Crippen LogP contribution < -0.4 is 10.6 Å². The van der Waals surface area contributed by atoms with Crippen molar-refractivity contribution in [1.29, 1.82) is 0 Å². The minimum absolute atomic E-state index is 0.000703. The van der Waals surface area contributed by atoms with Crippen LogP contribution in [0.25, 0.3) is 0 Å². The average Bonchev–Trinajstić information content (AvgIpc) is 2.69. The molecule has 1 aromatic rings. The Bertz CT molecular complexity index is 627. The van der Waals surface area contributed by atoms with E-state index in [1.165, 1.54) is 0 Å². The quantitative estimate of drug-likeness (QED) is 0.263. The third kappa shape index (κ3) is 9.39. The zero-order valence-electron chi connectivity index (χ0n) is 17.6. The van der Waals surface area contributed by atoms with E-state index in [4.69, 9.17) is 4.74 Å². The number of benzene rings is 1. The van der Waals surface area contributed by atoms with Crippen molar-refractivity contribution in [2.24, 2.45) is 4.99 Å². The van der Waals surface area contributed by atoms with Crippen LogP contribution in [0.15, 0.2) is 29.3 Å². The van der Waals surface area contributed by atoms with Gasteiger partial charge in [-0.15, -0.1) is 0 Å². The van der Waals surface area contributed by atoms with Crippen LogP contribution in [-0.2, 0) is 16.1 Å². The summed E-state index contributed by atoms with van der Waals surface area (Å²) in [7, 11) is 5.23. The van der Waals surface area contributed by atoms with Crippen LogP contribution in [0.1, 0.15) is 54.9 Å². The number of esters is 1. The zero-order valence-corrected chi connectivity index (χ0v) is 17.6. The second kappa shape index (κ2) is 13.6. The van der Waals surface area contributed by atoms with Crippen LogP contribution in [0.4, 0.5) is 0 Å². The lowest BCUT2D eigenvalue weighted by Crippen LogP contribution is -2.37. The number of amides is 1. The van der Waals surface area contributed by atoms with Gasteiger partial charge in [0, 0.05) is 46.2 Å². The molecule has 0 atom stereocenters. The van der Waals surface area contributed by atoms with Gasteiger partial charge in [0.05, 0.1) is 6.61 Å². The van der Waals surface area contributed by atoms with Crippen molar-refractivity contribution < 1.29 is 14.3 Å². The molecule has 0 fully saturated rings. The molecule has 0 saturated heterocycles. The van der Waals surface area contributed by atoms with E-state index in [0.29, 0.717) is 25.1 Å². The largest absolute Gasteiger partial charge is 0.466 e. The van der Waals surface area contributed by atoms with Crippen LogP contribution in [0.5, 0.6) is 0 Å². The van der Waals surface area contributed by atoms with Gasteiger partial charge in [-0.05, 0) is 37.5 Å². The second-order valence-electron chi connectivity index (χ2n) is 6.72. The van der Waals surface area contributed by atoms with Gasteiger partial charge in [-0.2, -0.15) is 0 Å². The van der Waals surface area contributed by atoms with E-state index < -0.39 is 0 Å². The summed E-state index contributed by atoms with van der Waals surface area (Å²) < 4.78 is 4.91. The van der Waals surface area contributed by atoms with Crippen molar-refractivity contribution >= 4 is 17.8 Å². The first-order valence-corrected chi connectivity index (χ1v) is 9.88. The number of rotatable bonds is 11. The minimum Gasteiger partial charge on any atom is -0.466 e. The zero-order chi connectivity index (χ0) is 20.8. The van der Waals surface area contributed by atoms with Crippen LogP contribution in [0, 0.1) is 0 Å². The molecular weight excluding hydrogens is 356 g/mol. The van der Waals surface area contributed by atoms with Gasteiger partial charge >= 0.3 is 5.97 Å². The molecule has 1 aromatic carbocycles. The first-order chi connectivity index (χ1) is 13.5.